The van der Waals surface area contributed by atoms with Crippen molar-refractivity contribution in [3.63, 3.8) is 0 Å². The summed E-state index contributed by atoms with van der Waals surface area (Å²) in [6, 6.07) is 20.3. The first-order chi connectivity index (χ1) is 11.9. The van der Waals surface area contributed by atoms with Crippen molar-refractivity contribution < 1.29 is 0 Å². The van der Waals surface area contributed by atoms with Crippen molar-refractivity contribution in [2.24, 2.45) is 0 Å². The lowest BCUT2D eigenvalue weighted by Gasteiger charge is -2.24. The minimum Gasteiger partial charge on any atom is -0.0616 e. The minimum atomic E-state index is 0.505. The molecule has 3 aromatic rings. The molecule has 0 bridgehead atoms. The summed E-state index contributed by atoms with van der Waals surface area (Å²) < 4.78 is 0. The van der Waals surface area contributed by atoms with Gasteiger partial charge in [-0.25, -0.2) is 0 Å². The summed E-state index contributed by atoms with van der Waals surface area (Å²) in [5, 5.41) is 2.67. The third kappa shape index (κ3) is 3.35. The Morgan fingerprint density at radius 2 is 1.16 bits per heavy atom. The fourth-order valence-electron chi connectivity index (χ4n) is 3.71. The predicted octanol–water partition coefficient (Wildman–Crippen LogP) is 7.88. The largest absolute Gasteiger partial charge is 0.0616 e. The maximum absolute atomic E-state index is 2.44. The monoisotopic (exact) mass is 330 g/mol. The molecule has 0 radical (unpaired) electrons. The van der Waals surface area contributed by atoms with Crippen LogP contribution in [0.25, 0.3) is 21.9 Å². The zero-order valence-corrected chi connectivity index (χ0v) is 16.4. The van der Waals surface area contributed by atoms with Crippen molar-refractivity contribution in [1.29, 1.82) is 0 Å². The van der Waals surface area contributed by atoms with Crippen LogP contribution in [-0.2, 0) is 0 Å². The molecule has 0 heteroatoms. The SMILES string of the molecule is CC(C)c1cc(C(C)C)c(-c2cccc3ccccc23)c(C(C)C)c1. The van der Waals surface area contributed by atoms with E-state index in [9.17, 15) is 0 Å². The summed E-state index contributed by atoms with van der Waals surface area (Å²) in [5.41, 5.74) is 7.24. The van der Waals surface area contributed by atoms with E-state index in [4.69, 9.17) is 0 Å². The van der Waals surface area contributed by atoms with Gasteiger partial charge in [-0.15, -0.1) is 0 Å². The Kier molecular flexibility index (Phi) is 4.99. The lowest BCUT2D eigenvalue weighted by Crippen LogP contribution is -2.04. The van der Waals surface area contributed by atoms with Gasteiger partial charge in [-0.05, 0) is 56.3 Å². The maximum atomic E-state index is 2.44. The zero-order valence-electron chi connectivity index (χ0n) is 16.4. The van der Waals surface area contributed by atoms with Gasteiger partial charge in [0.25, 0.3) is 0 Å². The quantitative estimate of drug-likeness (QED) is 0.456. The summed E-state index contributed by atoms with van der Waals surface area (Å²) in [6.07, 6.45) is 0. The van der Waals surface area contributed by atoms with Gasteiger partial charge in [-0.1, -0.05) is 96.1 Å². The molecule has 0 amide bonds. The van der Waals surface area contributed by atoms with E-state index < -0.39 is 0 Å². The second kappa shape index (κ2) is 7.04. The number of rotatable bonds is 4. The van der Waals surface area contributed by atoms with Crippen LogP contribution in [0, 0.1) is 0 Å². The van der Waals surface area contributed by atoms with Crippen LogP contribution >= 0.6 is 0 Å². The Bertz CT molecular complexity index is 847. The number of benzene rings is 3. The van der Waals surface area contributed by atoms with Crippen molar-refractivity contribution in [3.05, 3.63) is 71.3 Å². The molecule has 0 heterocycles. The van der Waals surface area contributed by atoms with Crippen LogP contribution in [-0.4, -0.2) is 0 Å². The summed E-state index contributed by atoms with van der Waals surface area (Å²) in [6.45, 7) is 13.9. The highest BCUT2D eigenvalue weighted by atomic mass is 14.2. The van der Waals surface area contributed by atoms with Crippen LogP contribution in [0.3, 0.4) is 0 Å². The molecule has 130 valence electrons. The van der Waals surface area contributed by atoms with Gasteiger partial charge in [0.15, 0.2) is 0 Å². The van der Waals surface area contributed by atoms with Crippen LogP contribution in [0.15, 0.2) is 54.6 Å². The first-order valence-electron chi connectivity index (χ1n) is 9.56. The van der Waals surface area contributed by atoms with Crippen LogP contribution in [0.1, 0.15) is 76.0 Å². The van der Waals surface area contributed by atoms with Crippen molar-refractivity contribution in [2.45, 2.75) is 59.3 Å². The molecule has 0 saturated heterocycles. The molecule has 0 unspecified atom stereocenters. The molecule has 0 aliphatic carbocycles. The Labute approximate surface area is 152 Å². The first-order valence-corrected chi connectivity index (χ1v) is 9.56. The van der Waals surface area contributed by atoms with Crippen molar-refractivity contribution >= 4 is 10.8 Å². The molecular formula is C25H30. The highest BCUT2D eigenvalue weighted by Crippen LogP contribution is 2.41. The van der Waals surface area contributed by atoms with Crippen LogP contribution < -0.4 is 0 Å². The van der Waals surface area contributed by atoms with Gasteiger partial charge in [0.1, 0.15) is 0 Å². The minimum absolute atomic E-state index is 0.505. The molecule has 0 fully saturated rings. The zero-order chi connectivity index (χ0) is 18.1. The molecule has 0 aliphatic rings. The van der Waals surface area contributed by atoms with Gasteiger partial charge in [-0.2, -0.15) is 0 Å². The lowest BCUT2D eigenvalue weighted by molar-refractivity contribution is 0.808. The van der Waals surface area contributed by atoms with E-state index in [1.807, 2.05) is 0 Å². The van der Waals surface area contributed by atoms with E-state index in [1.54, 1.807) is 0 Å². The van der Waals surface area contributed by atoms with Gasteiger partial charge >= 0.3 is 0 Å². The smallest absolute Gasteiger partial charge is 0.00997 e. The molecule has 3 aromatic carbocycles. The molecule has 0 saturated carbocycles. The second-order valence-electron chi connectivity index (χ2n) is 8.07. The molecule has 0 spiro atoms. The van der Waals surface area contributed by atoms with E-state index >= 15 is 0 Å². The number of hydrogen-bond acceptors (Lipinski definition) is 0. The van der Waals surface area contributed by atoms with E-state index in [0.717, 1.165) is 0 Å². The van der Waals surface area contributed by atoms with Gasteiger partial charge in [0.2, 0.25) is 0 Å². The molecule has 0 aliphatic heterocycles. The topological polar surface area (TPSA) is 0 Å². The van der Waals surface area contributed by atoms with Crippen LogP contribution in [0.5, 0.6) is 0 Å². The van der Waals surface area contributed by atoms with Gasteiger partial charge in [-0.3, -0.25) is 0 Å². The Balaban J connectivity index is 2.41. The molecule has 0 nitrogen and oxygen atoms in total. The predicted molar refractivity (Wildman–Crippen MR) is 112 cm³/mol. The molecular weight excluding hydrogens is 300 g/mol. The van der Waals surface area contributed by atoms with Gasteiger partial charge < -0.3 is 0 Å². The van der Waals surface area contributed by atoms with E-state index in [0.29, 0.717) is 17.8 Å². The molecule has 0 N–H and O–H groups in total. The molecule has 3 rings (SSSR count). The third-order valence-corrected chi connectivity index (χ3v) is 5.19. The standard InChI is InChI=1S/C25H30/c1-16(2)20-14-23(17(3)4)25(24(15-20)18(5)6)22-13-9-11-19-10-7-8-12-21(19)22/h7-18H,1-6H3. The molecule has 25 heavy (non-hydrogen) atoms. The highest BCUT2D eigenvalue weighted by Gasteiger charge is 2.19. The van der Waals surface area contributed by atoms with Crippen molar-refractivity contribution in [1.82, 2.24) is 0 Å². The Morgan fingerprint density at radius 3 is 1.72 bits per heavy atom. The molecule has 0 aromatic heterocycles. The fraction of sp³-hybridized carbons (Fsp3) is 0.360. The number of fused-ring (bicyclic) bond motifs is 1. The van der Waals surface area contributed by atoms with Crippen molar-refractivity contribution in [3.8, 4) is 11.1 Å². The highest BCUT2D eigenvalue weighted by molar-refractivity contribution is 5.98. The Morgan fingerprint density at radius 1 is 0.600 bits per heavy atom. The van der Waals surface area contributed by atoms with Gasteiger partial charge in [0.05, 0.1) is 0 Å². The maximum Gasteiger partial charge on any atom is -0.00997 e. The molecule has 0 atom stereocenters. The Hall–Kier alpha value is -2.08. The normalized spacial score (nSPS) is 11.9. The van der Waals surface area contributed by atoms with Crippen LogP contribution in [0.2, 0.25) is 0 Å². The second-order valence-corrected chi connectivity index (χ2v) is 8.07. The average molecular weight is 331 g/mol. The lowest BCUT2D eigenvalue weighted by atomic mass is 9.80. The van der Waals surface area contributed by atoms with E-state index in [2.05, 4.69) is 96.1 Å². The van der Waals surface area contributed by atoms with E-state index in [1.165, 1.54) is 38.6 Å². The van der Waals surface area contributed by atoms with E-state index in [-0.39, 0.29) is 0 Å². The summed E-state index contributed by atoms with van der Waals surface area (Å²) >= 11 is 0. The first kappa shape index (κ1) is 17.7. The van der Waals surface area contributed by atoms with Crippen molar-refractivity contribution in [2.75, 3.05) is 0 Å². The fourth-order valence-corrected chi connectivity index (χ4v) is 3.71. The van der Waals surface area contributed by atoms with Gasteiger partial charge in [0, 0.05) is 0 Å². The third-order valence-electron chi connectivity index (χ3n) is 5.19. The summed E-state index contributed by atoms with van der Waals surface area (Å²) in [7, 11) is 0. The summed E-state index contributed by atoms with van der Waals surface area (Å²) in [4.78, 5) is 0. The number of hydrogen-bond donors (Lipinski definition) is 0. The summed E-state index contributed by atoms with van der Waals surface area (Å²) in [5.74, 6) is 1.56. The van der Waals surface area contributed by atoms with Crippen LogP contribution in [0.4, 0.5) is 0 Å². The average Bonchev–Trinajstić information content (AvgIpc) is 2.59.